The maximum Gasteiger partial charge on any atom is 0.141 e. The molecular formula is C15H24N2O. The normalized spacial score (nSPS) is 25.7. The third kappa shape index (κ3) is 2.83. The van der Waals surface area contributed by atoms with E-state index in [0.717, 1.165) is 17.4 Å². The van der Waals surface area contributed by atoms with Crippen LogP contribution in [0.2, 0.25) is 0 Å². The minimum absolute atomic E-state index is 0.0129. The Hall–Kier alpha value is -1.09. The highest BCUT2D eigenvalue weighted by atomic mass is 16.5. The number of methoxy groups -OCH3 is 1. The summed E-state index contributed by atoms with van der Waals surface area (Å²) in [6.07, 6.45) is 8.16. The predicted molar refractivity (Wildman–Crippen MR) is 73.5 cm³/mol. The number of aromatic nitrogens is 1. The van der Waals surface area contributed by atoms with Gasteiger partial charge in [-0.05, 0) is 36.8 Å². The summed E-state index contributed by atoms with van der Waals surface area (Å²) in [5, 5.41) is 0. The molecule has 1 aromatic rings. The fourth-order valence-electron chi connectivity index (χ4n) is 3.00. The molecule has 1 heterocycles. The van der Waals surface area contributed by atoms with Gasteiger partial charge in [-0.3, -0.25) is 4.98 Å². The van der Waals surface area contributed by atoms with Gasteiger partial charge in [-0.25, -0.2) is 0 Å². The van der Waals surface area contributed by atoms with Gasteiger partial charge in [0.25, 0.3) is 0 Å². The fourth-order valence-corrected chi connectivity index (χ4v) is 3.00. The highest BCUT2D eigenvalue weighted by Crippen LogP contribution is 2.38. The molecule has 1 unspecified atom stereocenters. The van der Waals surface area contributed by atoms with Crippen LogP contribution >= 0.6 is 0 Å². The van der Waals surface area contributed by atoms with Crippen molar-refractivity contribution in [2.45, 2.75) is 45.1 Å². The molecule has 0 bridgehead atoms. The molecule has 100 valence electrons. The minimum atomic E-state index is 0.0129. The number of ether oxygens (including phenoxy) is 1. The lowest BCUT2D eigenvalue weighted by Gasteiger charge is -2.31. The molecule has 3 heteroatoms. The molecule has 1 fully saturated rings. The van der Waals surface area contributed by atoms with Crippen LogP contribution in [0, 0.1) is 11.8 Å². The summed E-state index contributed by atoms with van der Waals surface area (Å²) in [4.78, 5) is 4.41. The number of nitrogens with two attached hydrogens (primary N) is 1. The van der Waals surface area contributed by atoms with E-state index in [2.05, 4.69) is 11.9 Å². The van der Waals surface area contributed by atoms with E-state index in [0.29, 0.717) is 5.92 Å². The molecule has 0 aromatic carbocycles. The lowest BCUT2D eigenvalue weighted by Crippen LogP contribution is -2.27. The van der Waals surface area contributed by atoms with Crippen LogP contribution < -0.4 is 10.5 Å². The monoisotopic (exact) mass is 248 g/mol. The molecule has 1 aromatic heterocycles. The maximum atomic E-state index is 6.39. The second kappa shape index (κ2) is 6.19. The van der Waals surface area contributed by atoms with Crippen LogP contribution in [0.4, 0.5) is 0 Å². The molecule has 3 nitrogen and oxygen atoms in total. The van der Waals surface area contributed by atoms with Crippen molar-refractivity contribution in [3.8, 4) is 5.75 Å². The summed E-state index contributed by atoms with van der Waals surface area (Å²) < 4.78 is 5.36. The van der Waals surface area contributed by atoms with E-state index in [1.807, 2.05) is 12.1 Å². The van der Waals surface area contributed by atoms with Crippen molar-refractivity contribution in [3.63, 3.8) is 0 Å². The molecule has 0 amide bonds. The van der Waals surface area contributed by atoms with Crippen molar-refractivity contribution in [3.05, 3.63) is 24.0 Å². The summed E-state index contributed by atoms with van der Waals surface area (Å²) in [7, 11) is 1.68. The van der Waals surface area contributed by atoms with E-state index >= 15 is 0 Å². The first-order chi connectivity index (χ1) is 8.76. The summed E-state index contributed by atoms with van der Waals surface area (Å²) >= 11 is 0. The molecule has 2 N–H and O–H groups in total. The van der Waals surface area contributed by atoms with Crippen LogP contribution in [-0.2, 0) is 0 Å². The van der Waals surface area contributed by atoms with E-state index in [-0.39, 0.29) is 6.04 Å². The SMILES string of the molecule is CCC1CCC(C(N)c2ncccc2OC)CC1. The molecule has 1 aliphatic carbocycles. The lowest BCUT2D eigenvalue weighted by atomic mass is 9.77. The zero-order valence-corrected chi connectivity index (χ0v) is 11.4. The van der Waals surface area contributed by atoms with Crippen LogP contribution in [0.1, 0.15) is 50.8 Å². The third-order valence-electron chi connectivity index (χ3n) is 4.31. The van der Waals surface area contributed by atoms with Crippen LogP contribution in [0.5, 0.6) is 5.75 Å². The Bertz CT molecular complexity index is 373. The van der Waals surface area contributed by atoms with Crippen molar-refractivity contribution in [2.75, 3.05) is 7.11 Å². The second-order valence-corrected chi connectivity index (χ2v) is 5.31. The second-order valence-electron chi connectivity index (χ2n) is 5.31. The van der Waals surface area contributed by atoms with Gasteiger partial charge in [-0.2, -0.15) is 0 Å². The zero-order chi connectivity index (χ0) is 13.0. The number of hydrogen-bond acceptors (Lipinski definition) is 3. The minimum Gasteiger partial charge on any atom is -0.495 e. The molecule has 1 saturated carbocycles. The lowest BCUT2D eigenvalue weighted by molar-refractivity contribution is 0.235. The number of hydrogen-bond donors (Lipinski definition) is 1. The van der Waals surface area contributed by atoms with Gasteiger partial charge in [-0.15, -0.1) is 0 Å². The van der Waals surface area contributed by atoms with Crippen molar-refractivity contribution in [1.29, 1.82) is 0 Å². The van der Waals surface area contributed by atoms with E-state index in [9.17, 15) is 0 Å². The van der Waals surface area contributed by atoms with E-state index in [1.165, 1.54) is 32.1 Å². The number of rotatable bonds is 4. The average Bonchev–Trinajstić information content (AvgIpc) is 2.46. The maximum absolute atomic E-state index is 6.39. The van der Waals surface area contributed by atoms with Crippen LogP contribution in [0.25, 0.3) is 0 Å². The Balaban J connectivity index is 2.05. The quantitative estimate of drug-likeness (QED) is 0.889. The highest BCUT2D eigenvalue weighted by molar-refractivity contribution is 5.29. The average molecular weight is 248 g/mol. The van der Waals surface area contributed by atoms with Crippen LogP contribution in [0.3, 0.4) is 0 Å². The standard InChI is InChI=1S/C15H24N2O/c1-3-11-6-8-12(9-7-11)14(16)15-13(18-2)5-4-10-17-15/h4-5,10-12,14H,3,6-9,16H2,1-2H3. The zero-order valence-electron chi connectivity index (χ0n) is 11.4. The smallest absolute Gasteiger partial charge is 0.141 e. The molecule has 1 atom stereocenters. The summed E-state index contributed by atoms with van der Waals surface area (Å²) in [5.41, 5.74) is 7.31. The Kier molecular flexibility index (Phi) is 4.59. The molecule has 0 spiro atoms. The largest absolute Gasteiger partial charge is 0.495 e. The van der Waals surface area contributed by atoms with E-state index < -0.39 is 0 Å². The van der Waals surface area contributed by atoms with Gasteiger partial charge in [0.15, 0.2) is 0 Å². The van der Waals surface area contributed by atoms with Crippen molar-refractivity contribution in [1.82, 2.24) is 4.98 Å². The Morgan fingerprint density at radius 1 is 1.39 bits per heavy atom. The highest BCUT2D eigenvalue weighted by Gasteiger charge is 2.27. The first kappa shape index (κ1) is 13.3. The van der Waals surface area contributed by atoms with Crippen molar-refractivity contribution in [2.24, 2.45) is 17.6 Å². The van der Waals surface area contributed by atoms with Crippen molar-refractivity contribution >= 4 is 0 Å². The van der Waals surface area contributed by atoms with Gasteiger partial charge in [-0.1, -0.05) is 26.2 Å². The Morgan fingerprint density at radius 3 is 2.72 bits per heavy atom. The molecule has 18 heavy (non-hydrogen) atoms. The molecule has 2 rings (SSSR count). The Morgan fingerprint density at radius 2 is 2.11 bits per heavy atom. The van der Waals surface area contributed by atoms with Crippen LogP contribution in [-0.4, -0.2) is 12.1 Å². The van der Waals surface area contributed by atoms with Gasteiger partial charge >= 0.3 is 0 Å². The van der Waals surface area contributed by atoms with Gasteiger partial charge in [0.2, 0.25) is 0 Å². The van der Waals surface area contributed by atoms with Crippen molar-refractivity contribution < 1.29 is 4.74 Å². The van der Waals surface area contributed by atoms with E-state index in [4.69, 9.17) is 10.5 Å². The first-order valence-electron chi connectivity index (χ1n) is 7.00. The summed E-state index contributed by atoms with van der Waals surface area (Å²) in [6, 6.07) is 3.85. The molecule has 0 aliphatic heterocycles. The molecule has 0 radical (unpaired) electrons. The molecular weight excluding hydrogens is 224 g/mol. The summed E-state index contributed by atoms with van der Waals surface area (Å²) in [6.45, 7) is 2.28. The topological polar surface area (TPSA) is 48.1 Å². The van der Waals surface area contributed by atoms with E-state index in [1.54, 1.807) is 13.3 Å². The summed E-state index contributed by atoms with van der Waals surface area (Å²) in [5.74, 6) is 2.28. The van der Waals surface area contributed by atoms with Gasteiger partial charge in [0.05, 0.1) is 18.8 Å². The van der Waals surface area contributed by atoms with Crippen LogP contribution in [0.15, 0.2) is 18.3 Å². The van der Waals surface area contributed by atoms with Gasteiger partial charge in [0.1, 0.15) is 5.75 Å². The van der Waals surface area contributed by atoms with Gasteiger partial charge < -0.3 is 10.5 Å². The number of nitrogens with zero attached hydrogens (tertiary/aromatic N) is 1. The molecule has 1 aliphatic rings. The third-order valence-corrected chi connectivity index (χ3v) is 4.31. The van der Waals surface area contributed by atoms with Gasteiger partial charge in [0, 0.05) is 6.20 Å². The molecule has 0 saturated heterocycles. The number of pyridine rings is 1. The predicted octanol–water partition coefficient (Wildman–Crippen LogP) is 3.31. The Labute approximate surface area is 110 Å². The fraction of sp³-hybridized carbons (Fsp3) is 0.667. The first-order valence-corrected chi connectivity index (χ1v) is 7.00.